The summed E-state index contributed by atoms with van der Waals surface area (Å²) in [6.07, 6.45) is 0. The zero-order chi connectivity index (χ0) is 22.5. The van der Waals surface area contributed by atoms with Gasteiger partial charge < -0.3 is 16.4 Å². The zero-order valence-corrected chi connectivity index (χ0v) is 17.6. The van der Waals surface area contributed by atoms with Crippen LogP contribution in [0.15, 0.2) is 76.5 Å². The Labute approximate surface area is 184 Å². The normalized spacial score (nSPS) is 11.2. The molecular formula is C23H22N8O. The first-order valence-electron chi connectivity index (χ1n) is 9.93. The van der Waals surface area contributed by atoms with E-state index < -0.39 is 0 Å². The molecule has 32 heavy (non-hydrogen) atoms. The van der Waals surface area contributed by atoms with Crippen molar-refractivity contribution in [2.75, 3.05) is 10.6 Å². The Hall–Kier alpha value is -4.53. The van der Waals surface area contributed by atoms with E-state index in [4.69, 9.17) is 5.73 Å². The largest absolute Gasteiger partial charge is 0.369 e. The fourth-order valence-corrected chi connectivity index (χ4v) is 2.97. The molecule has 160 valence electrons. The van der Waals surface area contributed by atoms with Crippen LogP contribution in [0.3, 0.4) is 0 Å². The Morgan fingerprint density at radius 2 is 1.66 bits per heavy atom. The molecule has 0 aliphatic heterocycles. The van der Waals surface area contributed by atoms with Gasteiger partial charge in [-0.25, -0.2) is 4.98 Å². The second kappa shape index (κ2) is 9.09. The maximum atomic E-state index is 12.0. The summed E-state index contributed by atoms with van der Waals surface area (Å²) in [7, 11) is 0. The van der Waals surface area contributed by atoms with Gasteiger partial charge in [0.2, 0.25) is 5.95 Å². The summed E-state index contributed by atoms with van der Waals surface area (Å²) in [6.45, 7) is 3.52. The van der Waals surface area contributed by atoms with E-state index in [1.807, 2.05) is 60.7 Å². The molecule has 4 rings (SSSR count). The van der Waals surface area contributed by atoms with Crippen LogP contribution in [0.1, 0.15) is 11.3 Å². The molecule has 4 aromatic rings. The molecule has 2 aromatic carbocycles. The highest BCUT2D eigenvalue weighted by atomic mass is 16.1. The number of nitrogens with zero attached hydrogens (tertiary/aromatic N) is 4. The highest BCUT2D eigenvalue weighted by Crippen LogP contribution is 2.24. The summed E-state index contributed by atoms with van der Waals surface area (Å²) in [6, 6.07) is 20.7. The molecule has 0 atom stereocenters. The van der Waals surface area contributed by atoms with Gasteiger partial charge in [-0.15, -0.1) is 10.2 Å². The van der Waals surface area contributed by atoms with E-state index in [1.165, 1.54) is 0 Å². The van der Waals surface area contributed by atoms with Crippen molar-refractivity contribution in [2.24, 2.45) is 10.7 Å². The topological polar surface area (TPSA) is 134 Å². The second-order valence-corrected chi connectivity index (χ2v) is 7.06. The average Bonchev–Trinajstić information content (AvgIpc) is 2.80. The number of aromatic nitrogens is 4. The first-order valence-corrected chi connectivity index (χ1v) is 9.93. The van der Waals surface area contributed by atoms with E-state index in [-0.39, 0.29) is 11.5 Å². The van der Waals surface area contributed by atoms with Crippen molar-refractivity contribution in [3.8, 4) is 11.3 Å². The number of guanidine groups is 1. The third-order valence-corrected chi connectivity index (χ3v) is 4.79. The van der Waals surface area contributed by atoms with Crippen LogP contribution in [-0.4, -0.2) is 26.1 Å². The number of aliphatic imine (C=N–C) groups is 1. The zero-order valence-electron chi connectivity index (χ0n) is 17.6. The van der Waals surface area contributed by atoms with E-state index in [2.05, 4.69) is 35.8 Å². The molecule has 0 unspecified atom stereocenters. The second-order valence-electron chi connectivity index (χ2n) is 7.06. The predicted octanol–water partition coefficient (Wildman–Crippen LogP) is 3.65. The summed E-state index contributed by atoms with van der Waals surface area (Å²) in [5, 5.41) is 14.5. The fourth-order valence-electron chi connectivity index (χ4n) is 2.97. The van der Waals surface area contributed by atoms with Gasteiger partial charge in [0, 0.05) is 16.8 Å². The number of anilines is 3. The Morgan fingerprint density at radius 3 is 2.34 bits per heavy atom. The SMILES string of the molecule is Cc1nc(Nc2ccccc2NC(N)=Nc2ccc(-c3ccccc3)nn2)[nH]c(=O)c1C. The van der Waals surface area contributed by atoms with E-state index in [0.717, 1.165) is 11.3 Å². The number of benzene rings is 2. The molecule has 0 fully saturated rings. The third kappa shape index (κ3) is 4.78. The summed E-state index contributed by atoms with van der Waals surface area (Å²) in [5.74, 6) is 0.855. The van der Waals surface area contributed by atoms with Crippen molar-refractivity contribution >= 4 is 29.1 Å². The van der Waals surface area contributed by atoms with Crippen molar-refractivity contribution in [3.05, 3.63) is 88.3 Å². The van der Waals surface area contributed by atoms with Gasteiger partial charge in [0.15, 0.2) is 11.8 Å². The predicted molar refractivity (Wildman–Crippen MR) is 126 cm³/mol. The lowest BCUT2D eigenvalue weighted by molar-refractivity contribution is 1.03. The monoisotopic (exact) mass is 426 g/mol. The summed E-state index contributed by atoms with van der Waals surface area (Å²) >= 11 is 0. The Bertz CT molecular complexity index is 1310. The maximum absolute atomic E-state index is 12.0. The van der Waals surface area contributed by atoms with Gasteiger partial charge >= 0.3 is 0 Å². The Balaban J connectivity index is 1.52. The minimum absolute atomic E-state index is 0.141. The molecule has 0 radical (unpaired) electrons. The lowest BCUT2D eigenvalue weighted by atomic mass is 10.1. The van der Waals surface area contributed by atoms with Gasteiger partial charge in [0.05, 0.1) is 17.1 Å². The van der Waals surface area contributed by atoms with E-state index in [1.54, 1.807) is 19.9 Å². The molecular weight excluding hydrogens is 404 g/mol. The van der Waals surface area contributed by atoms with Crippen LogP contribution in [-0.2, 0) is 0 Å². The Morgan fingerprint density at radius 1 is 0.938 bits per heavy atom. The lowest BCUT2D eigenvalue weighted by Gasteiger charge is -2.13. The highest BCUT2D eigenvalue weighted by Gasteiger charge is 2.08. The van der Waals surface area contributed by atoms with E-state index in [9.17, 15) is 4.79 Å². The van der Waals surface area contributed by atoms with Crippen LogP contribution in [0.4, 0.5) is 23.1 Å². The minimum Gasteiger partial charge on any atom is -0.369 e. The number of aryl methyl sites for hydroxylation is 1. The van der Waals surface area contributed by atoms with Crippen molar-refractivity contribution in [1.29, 1.82) is 0 Å². The summed E-state index contributed by atoms with van der Waals surface area (Å²) in [4.78, 5) is 23.4. The van der Waals surface area contributed by atoms with Crippen molar-refractivity contribution in [3.63, 3.8) is 0 Å². The number of H-pyrrole nitrogens is 1. The lowest BCUT2D eigenvalue weighted by Crippen LogP contribution is -2.23. The van der Waals surface area contributed by atoms with Crippen LogP contribution in [0.5, 0.6) is 0 Å². The molecule has 0 spiro atoms. The molecule has 0 aliphatic rings. The van der Waals surface area contributed by atoms with Crippen LogP contribution in [0, 0.1) is 13.8 Å². The number of para-hydroxylation sites is 2. The number of nitrogens with two attached hydrogens (primary N) is 1. The van der Waals surface area contributed by atoms with Crippen LogP contribution < -0.4 is 21.9 Å². The van der Waals surface area contributed by atoms with Crippen LogP contribution in [0.25, 0.3) is 11.3 Å². The number of aromatic amines is 1. The molecule has 9 nitrogen and oxygen atoms in total. The maximum Gasteiger partial charge on any atom is 0.255 e. The van der Waals surface area contributed by atoms with E-state index >= 15 is 0 Å². The van der Waals surface area contributed by atoms with E-state index in [0.29, 0.717) is 34.4 Å². The number of rotatable bonds is 5. The third-order valence-electron chi connectivity index (χ3n) is 4.79. The van der Waals surface area contributed by atoms with Gasteiger partial charge in [-0.3, -0.25) is 9.78 Å². The molecule has 9 heteroatoms. The molecule has 5 N–H and O–H groups in total. The highest BCUT2D eigenvalue weighted by molar-refractivity contribution is 5.97. The van der Waals surface area contributed by atoms with Crippen molar-refractivity contribution < 1.29 is 0 Å². The van der Waals surface area contributed by atoms with Crippen LogP contribution in [0.2, 0.25) is 0 Å². The van der Waals surface area contributed by atoms with Gasteiger partial charge in [0.25, 0.3) is 5.56 Å². The molecule has 0 saturated carbocycles. The number of nitrogens with one attached hydrogen (secondary N) is 3. The quantitative estimate of drug-likeness (QED) is 0.283. The first-order chi connectivity index (χ1) is 15.5. The van der Waals surface area contributed by atoms with Gasteiger partial charge in [-0.2, -0.15) is 4.99 Å². The minimum atomic E-state index is -0.191. The molecule has 0 aliphatic carbocycles. The number of hydrogen-bond acceptors (Lipinski definition) is 6. The van der Waals surface area contributed by atoms with Crippen LogP contribution >= 0.6 is 0 Å². The van der Waals surface area contributed by atoms with Gasteiger partial charge in [-0.05, 0) is 38.1 Å². The van der Waals surface area contributed by atoms with Crippen molar-refractivity contribution in [1.82, 2.24) is 20.2 Å². The molecule has 0 amide bonds. The molecule has 2 heterocycles. The number of hydrogen-bond donors (Lipinski definition) is 4. The summed E-state index contributed by atoms with van der Waals surface area (Å²) < 4.78 is 0. The first kappa shape index (κ1) is 20.7. The molecule has 0 bridgehead atoms. The van der Waals surface area contributed by atoms with Crippen molar-refractivity contribution in [2.45, 2.75) is 13.8 Å². The standard InChI is InChI=1S/C23H22N8O/c1-14-15(2)25-23(29-21(14)32)27-19-11-7-6-10-18(19)26-22(24)28-20-13-12-17(30-31-20)16-8-4-3-5-9-16/h3-13H,1-2H3,(H3,24,26,28,31)(H2,25,27,29,32). The fraction of sp³-hybridized carbons (Fsp3) is 0.0870. The summed E-state index contributed by atoms with van der Waals surface area (Å²) in [5.41, 5.74) is 10.2. The molecule has 2 aromatic heterocycles. The van der Waals surface area contributed by atoms with Gasteiger partial charge in [0.1, 0.15) is 0 Å². The molecule has 0 saturated heterocycles. The van der Waals surface area contributed by atoms with Gasteiger partial charge in [-0.1, -0.05) is 42.5 Å². The Kier molecular flexibility index (Phi) is 5.89. The average molecular weight is 426 g/mol. The smallest absolute Gasteiger partial charge is 0.255 e.